The van der Waals surface area contributed by atoms with Crippen molar-refractivity contribution in [3.05, 3.63) is 33.1 Å². The zero-order valence-electron chi connectivity index (χ0n) is 12.8. The number of rotatable bonds is 5. The molecule has 2 aromatic heterocycles. The number of alkyl halides is 3. The van der Waals surface area contributed by atoms with Gasteiger partial charge in [-0.25, -0.2) is 18.5 Å². The van der Waals surface area contributed by atoms with E-state index in [2.05, 4.69) is 20.6 Å². The van der Waals surface area contributed by atoms with E-state index in [4.69, 9.17) is 5.14 Å². The van der Waals surface area contributed by atoms with Crippen molar-refractivity contribution in [3.63, 3.8) is 0 Å². The lowest BCUT2D eigenvalue weighted by Gasteiger charge is -2.09. The van der Waals surface area contributed by atoms with Crippen LogP contribution >= 0.6 is 22.7 Å². The second-order valence-electron chi connectivity index (χ2n) is 4.67. The topological polar surface area (TPSA) is 109 Å². The smallest absolute Gasteiger partial charge is 0.352 e. The van der Waals surface area contributed by atoms with Gasteiger partial charge >= 0.3 is 6.18 Å². The Morgan fingerprint density at radius 1 is 1.32 bits per heavy atom. The number of halogens is 3. The van der Waals surface area contributed by atoms with Crippen LogP contribution in [0.25, 0.3) is 0 Å². The normalized spacial score (nSPS) is 13.1. The van der Waals surface area contributed by atoms with Gasteiger partial charge in [-0.3, -0.25) is 4.99 Å². The van der Waals surface area contributed by atoms with Crippen molar-refractivity contribution in [2.75, 3.05) is 7.05 Å². The Balaban J connectivity index is 1.89. The van der Waals surface area contributed by atoms with Crippen LogP contribution in [0.15, 0.2) is 26.7 Å². The number of thiazole rings is 1. The van der Waals surface area contributed by atoms with E-state index in [-0.39, 0.29) is 22.3 Å². The van der Waals surface area contributed by atoms with Gasteiger partial charge in [0, 0.05) is 17.3 Å². The van der Waals surface area contributed by atoms with Gasteiger partial charge in [-0.15, -0.1) is 22.7 Å². The molecule has 0 aliphatic heterocycles. The minimum atomic E-state index is -4.46. The molecule has 0 aliphatic carbocycles. The van der Waals surface area contributed by atoms with Crippen LogP contribution in [0.5, 0.6) is 0 Å². The summed E-state index contributed by atoms with van der Waals surface area (Å²) < 4.78 is 60.0. The van der Waals surface area contributed by atoms with Gasteiger partial charge in [-0.2, -0.15) is 13.2 Å². The zero-order valence-corrected chi connectivity index (χ0v) is 15.2. The summed E-state index contributed by atoms with van der Waals surface area (Å²) in [6.45, 7) is 0.360. The van der Waals surface area contributed by atoms with Crippen molar-refractivity contribution >= 4 is 38.7 Å². The summed E-state index contributed by atoms with van der Waals surface area (Å²) in [5.74, 6) is 0.342. The Hall–Kier alpha value is -1.70. The van der Waals surface area contributed by atoms with Gasteiger partial charge in [0.25, 0.3) is 0 Å². The number of nitrogens with one attached hydrogen (secondary N) is 2. The lowest BCUT2D eigenvalue weighted by Crippen LogP contribution is -2.36. The number of nitrogens with two attached hydrogens (primary N) is 1. The molecule has 0 saturated heterocycles. The summed E-state index contributed by atoms with van der Waals surface area (Å²) in [7, 11) is -2.23. The molecule has 7 nitrogen and oxygen atoms in total. The van der Waals surface area contributed by atoms with E-state index >= 15 is 0 Å². The Bertz CT molecular complexity index is 857. The number of aromatic nitrogens is 1. The van der Waals surface area contributed by atoms with Crippen molar-refractivity contribution in [3.8, 4) is 0 Å². The molecule has 0 atom stereocenters. The van der Waals surface area contributed by atoms with Crippen LogP contribution in [0.3, 0.4) is 0 Å². The summed E-state index contributed by atoms with van der Waals surface area (Å²) in [6, 6.07) is 3.02. The minimum absolute atomic E-state index is 0.0507. The van der Waals surface area contributed by atoms with Gasteiger partial charge < -0.3 is 10.6 Å². The molecule has 0 aliphatic rings. The first-order valence-corrected chi connectivity index (χ1v) is 9.91. The first kappa shape index (κ1) is 19.6. The third-order valence-electron chi connectivity index (χ3n) is 2.82. The molecule has 0 fully saturated rings. The summed E-state index contributed by atoms with van der Waals surface area (Å²) >= 11 is 1.91. The number of hydrogen-bond acceptors (Lipinski definition) is 6. The number of aliphatic imine (C=N–C) groups is 1. The third-order valence-corrected chi connectivity index (χ3v) is 6.19. The number of thiophene rings is 1. The van der Waals surface area contributed by atoms with E-state index in [1.807, 2.05) is 0 Å². The molecule has 0 amide bonds. The van der Waals surface area contributed by atoms with Gasteiger partial charge in [0.1, 0.15) is 9.22 Å². The maximum atomic E-state index is 12.5. The van der Waals surface area contributed by atoms with E-state index < -0.39 is 21.9 Å². The molecule has 0 radical (unpaired) electrons. The summed E-state index contributed by atoms with van der Waals surface area (Å²) in [5.41, 5.74) is -0.925. The highest BCUT2D eigenvalue weighted by Gasteiger charge is 2.33. The standard InChI is InChI=1S/C12H14F3N5O2S3/c1-17-11(18-4-7-2-3-10(24-7)25(16,21)22)19-5-9-20-8(6-23-9)12(13,14)15/h2-3,6H,4-5H2,1H3,(H2,16,21,22)(H2,17,18,19). The third kappa shape index (κ3) is 5.66. The first-order chi connectivity index (χ1) is 11.6. The van der Waals surface area contributed by atoms with Crippen LogP contribution in [-0.2, 0) is 29.3 Å². The van der Waals surface area contributed by atoms with Crippen molar-refractivity contribution in [1.82, 2.24) is 15.6 Å². The van der Waals surface area contributed by atoms with Crippen LogP contribution in [0.4, 0.5) is 13.2 Å². The molecule has 0 spiro atoms. The predicted molar refractivity (Wildman–Crippen MR) is 89.8 cm³/mol. The Morgan fingerprint density at radius 2 is 2.00 bits per heavy atom. The molecule has 2 aromatic rings. The van der Waals surface area contributed by atoms with E-state index in [1.165, 1.54) is 13.1 Å². The number of primary sulfonamides is 1. The minimum Gasteiger partial charge on any atom is -0.352 e. The molecule has 0 unspecified atom stereocenters. The van der Waals surface area contributed by atoms with Crippen molar-refractivity contribution in [2.24, 2.45) is 10.1 Å². The van der Waals surface area contributed by atoms with Gasteiger partial charge in [0.15, 0.2) is 11.7 Å². The molecule has 2 heterocycles. The molecule has 4 N–H and O–H groups in total. The SMILES string of the molecule is CN=C(NCc1ccc(S(N)(=O)=O)s1)NCc1nc(C(F)(F)F)cs1. The van der Waals surface area contributed by atoms with E-state index in [1.54, 1.807) is 6.07 Å². The highest BCUT2D eigenvalue weighted by Crippen LogP contribution is 2.29. The lowest BCUT2D eigenvalue weighted by atomic mass is 10.4. The van der Waals surface area contributed by atoms with Gasteiger partial charge in [0.05, 0.1) is 13.1 Å². The number of hydrogen-bond donors (Lipinski definition) is 3. The van der Waals surface area contributed by atoms with E-state index in [0.717, 1.165) is 28.1 Å². The van der Waals surface area contributed by atoms with Crippen LogP contribution in [0.1, 0.15) is 15.6 Å². The fraction of sp³-hybridized carbons (Fsp3) is 0.333. The molecule has 2 rings (SSSR count). The van der Waals surface area contributed by atoms with Gasteiger partial charge in [-0.05, 0) is 12.1 Å². The fourth-order valence-electron chi connectivity index (χ4n) is 1.68. The molecule has 13 heteroatoms. The Labute approximate surface area is 149 Å². The Kier molecular flexibility index (Phi) is 6.03. The van der Waals surface area contributed by atoms with Gasteiger partial charge in [-0.1, -0.05) is 0 Å². The highest BCUT2D eigenvalue weighted by atomic mass is 32.2. The molecule has 25 heavy (non-hydrogen) atoms. The molecule has 0 saturated carbocycles. The summed E-state index contributed by atoms with van der Waals surface area (Å²) in [6.07, 6.45) is -4.46. The second kappa shape index (κ2) is 7.68. The maximum Gasteiger partial charge on any atom is 0.434 e. The van der Waals surface area contributed by atoms with Crippen molar-refractivity contribution < 1.29 is 21.6 Å². The average molecular weight is 413 g/mol. The largest absolute Gasteiger partial charge is 0.434 e. The average Bonchev–Trinajstić information content (AvgIpc) is 3.15. The number of guanidine groups is 1. The molecule has 0 bridgehead atoms. The summed E-state index contributed by atoms with van der Waals surface area (Å²) in [4.78, 5) is 8.16. The number of nitrogens with zero attached hydrogens (tertiary/aromatic N) is 2. The molecular formula is C12H14F3N5O2S3. The lowest BCUT2D eigenvalue weighted by molar-refractivity contribution is -0.140. The molecular weight excluding hydrogens is 399 g/mol. The fourth-order valence-corrected chi connectivity index (χ4v) is 4.14. The maximum absolute atomic E-state index is 12.5. The monoisotopic (exact) mass is 413 g/mol. The number of sulfonamides is 1. The zero-order chi connectivity index (χ0) is 18.7. The first-order valence-electron chi connectivity index (χ1n) is 6.67. The molecule has 138 valence electrons. The van der Waals surface area contributed by atoms with Crippen molar-refractivity contribution in [2.45, 2.75) is 23.5 Å². The van der Waals surface area contributed by atoms with Crippen molar-refractivity contribution in [1.29, 1.82) is 0 Å². The van der Waals surface area contributed by atoms with Crippen LogP contribution in [0, 0.1) is 0 Å². The van der Waals surface area contributed by atoms with E-state index in [9.17, 15) is 21.6 Å². The van der Waals surface area contributed by atoms with E-state index in [0.29, 0.717) is 10.8 Å². The van der Waals surface area contributed by atoms with Crippen LogP contribution in [-0.4, -0.2) is 26.4 Å². The van der Waals surface area contributed by atoms with Gasteiger partial charge in [0.2, 0.25) is 10.0 Å². The predicted octanol–water partition coefficient (Wildman–Crippen LogP) is 1.74. The molecule has 0 aromatic carbocycles. The van der Waals surface area contributed by atoms with Crippen LogP contribution < -0.4 is 15.8 Å². The highest BCUT2D eigenvalue weighted by molar-refractivity contribution is 7.91. The van der Waals surface area contributed by atoms with Crippen LogP contribution in [0.2, 0.25) is 0 Å². The summed E-state index contributed by atoms with van der Waals surface area (Å²) in [5, 5.41) is 12.0. The second-order valence-corrected chi connectivity index (χ2v) is 8.57. The Morgan fingerprint density at radius 3 is 2.52 bits per heavy atom. The quantitative estimate of drug-likeness (QED) is 0.511.